The van der Waals surface area contributed by atoms with E-state index in [0.29, 0.717) is 36.0 Å². The predicted octanol–water partition coefficient (Wildman–Crippen LogP) is 6.09. The van der Waals surface area contributed by atoms with Crippen LogP contribution >= 0.6 is 12.2 Å². The quantitative estimate of drug-likeness (QED) is 0.247. The lowest BCUT2D eigenvalue weighted by molar-refractivity contribution is -0.137. The van der Waals surface area contributed by atoms with Crippen molar-refractivity contribution < 1.29 is 37.0 Å². The van der Waals surface area contributed by atoms with Crippen LogP contribution in [0, 0.1) is 0 Å². The monoisotopic (exact) mass is 615 g/mol. The maximum Gasteiger partial charge on any atom is 0.416 e. The number of amides is 2. The van der Waals surface area contributed by atoms with Crippen molar-refractivity contribution in [1.29, 1.82) is 0 Å². The molecule has 228 valence electrons. The average molecular weight is 616 g/mol. The van der Waals surface area contributed by atoms with Gasteiger partial charge >= 0.3 is 6.18 Å². The highest BCUT2D eigenvalue weighted by Crippen LogP contribution is 2.35. The Bertz CT molecular complexity index is 1470. The minimum absolute atomic E-state index is 0.0139. The van der Waals surface area contributed by atoms with Gasteiger partial charge in [-0.05, 0) is 85.2 Å². The Kier molecular flexibility index (Phi) is 10.1. The normalized spacial score (nSPS) is 15.1. The largest absolute Gasteiger partial charge is 0.494 e. The fourth-order valence-electron chi connectivity index (χ4n) is 4.67. The van der Waals surface area contributed by atoms with Gasteiger partial charge in [-0.2, -0.15) is 13.2 Å². The number of rotatable bonds is 12. The molecular weight excluding hydrogens is 583 g/mol. The molecule has 0 bridgehead atoms. The van der Waals surface area contributed by atoms with Gasteiger partial charge < -0.3 is 24.4 Å². The van der Waals surface area contributed by atoms with E-state index in [1.54, 1.807) is 41.3 Å². The van der Waals surface area contributed by atoms with Gasteiger partial charge in [-0.1, -0.05) is 19.1 Å². The molecule has 0 saturated carbocycles. The molecule has 1 aliphatic heterocycles. The molecule has 1 heterocycles. The maximum absolute atomic E-state index is 13.7. The van der Waals surface area contributed by atoms with Gasteiger partial charge in [0.05, 0.1) is 38.5 Å². The van der Waals surface area contributed by atoms with E-state index in [1.165, 1.54) is 26.4 Å². The second-order valence-electron chi connectivity index (χ2n) is 9.78. The summed E-state index contributed by atoms with van der Waals surface area (Å²) in [5, 5.41) is 2.79. The van der Waals surface area contributed by atoms with E-state index in [-0.39, 0.29) is 23.8 Å². The van der Waals surface area contributed by atoms with Crippen LogP contribution in [0.5, 0.6) is 17.2 Å². The van der Waals surface area contributed by atoms with Crippen molar-refractivity contribution in [1.82, 2.24) is 4.90 Å². The van der Waals surface area contributed by atoms with Crippen molar-refractivity contribution in [3.05, 3.63) is 77.9 Å². The van der Waals surface area contributed by atoms with Gasteiger partial charge in [-0.25, -0.2) is 0 Å². The fraction of sp³-hybridized carbons (Fsp3) is 0.323. The lowest BCUT2D eigenvalue weighted by Gasteiger charge is -2.24. The Hall–Kier alpha value is -4.32. The van der Waals surface area contributed by atoms with Crippen molar-refractivity contribution in [2.24, 2.45) is 0 Å². The van der Waals surface area contributed by atoms with E-state index < -0.39 is 29.6 Å². The number of nitrogens with one attached hydrogen (secondary N) is 1. The molecule has 3 aromatic carbocycles. The summed E-state index contributed by atoms with van der Waals surface area (Å²) in [6.45, 7) is 2.78. The van der Waals surface area contributed by atoms with Gasteiger partial charge in [-0.15, -0.1) is 0 Å². The molecule has 4 rings (SSSR count). The Labute approximate surface area is 253 Å². The molecule has 0 aromatic heterocycles. The number of alkyl halides is 3. The van der Waals surface area contributed by atoms with Gasteiger partial charge in [0.1, 0.15) is 11.8 Å². The van der Waals surface area contributed by atoms with Crippen molar-refractivity contribution in [2.75, 3.05) is 37.6 Å². The third-order valence-corrected chi connectivity index (χ3v) is 7.25. The Morgan fingerprint density at radius 3 is 2.37 bits per heavy atom. The number of carbonyl (C=O) groups excluding carboxylic acids is 2. The fourth-order valence-corrected chi connectivity index (χ4v) is 5.09. The molecule has 43 heavy (non-hydrogen) atoms. The highest BCUT2D eigenvalue weighted by atomic mass is 32.1. The topological polar surface area (TPSA) is 80.3 Å². The highest BCUT2D eigenvalue weighted by Gasteiger charge is 2.44. The Balaban J connectivity index is 1.57. The second kappa shape index (κ2) is 13.8. The zero-order valence-corrected chi connectivity index (χ0v) is 24.8. The number of benzene rings is 3. The zero-order chi connectivity index (χ0) is 31.1. The van der Waals surface area contributed by atoms with Crippen LogP contribution in [0.1, 0.15) is 30.9 Å². The van der Waals surface area contributed by atoms with Gasteiger partial charge in [-0.3, -0.25) is 14.5 Å². The summed E-state index contributed by atoms with van der Waals surface area (Å²) >= 11 is 5.63. The zero-order valence-electron chi connectivity index (χ0n) is 23.9. The first-order chi connectivity index (χ1) is 20.5. The van der Waals surface area contributed by atoms with E-state index in [2.05, 4.69) is 5.32 Å². The molecule has 1 N–H and O–H groups in total. The molecule has 1 unspecified atom stereocenters. The van der Waals surface area contributed by atoms with Crippen LogP contribution < -0.4 is 24.4 Å². The molecular formula is C31H32F3N3O5S. The van der Waals surface area contributed by atoms with E-state index in [4.69, 9.17) is 26.4 Å². The number of anilines is 2. The number of halogens is 3. The summed E-state index contributed by atoms with van der Waals surface area (Å²) < 4.78 is 56.6. The van der Waals surface area contributed by atoms with Gasteiger partial charge in [0, 0.05) is 12.2 Å². The van der Waals surface area contributed by atoms with E-state index in [9.17, 15) is 22.8 Å². The third-order valence-electron chi connectivity index (χ3n) is 6.83. The molecule has 0 spiro atoms. The second-order valence-corrected chi connectivity index (χ2v) is 10.1. The summed E-state index contributed by atoms with van der Waals surface area (Å²) in [5.74, 6) is 0.691. The van der Waals surface area contributed by atoms with Crippen molar-refractivity contribution in [3.8, 4) is 17.2 Å². The number of thiocarbonyl (C=S) groups is 1. The third kappa shape index (κ3) is 7.56. The lowest BCUT2D eigenvalue weighted by atomic mass is 10.1. The molecule has 1 saturated heterocycles. The molecule has 1 fully saturated rings. The van der Waals surface area contributed by atoms with Crippen molar-refractivity contribution >= 4 is 40.5 Å². The van der Waals surface area contributed by atoms with E-state index >= 15 is 0 Å². The summed E-state index contributed by atoms with van der Waals surface area (Å²) in [6, 6.07) is 15.6. The predicted molar refractivity (Wildman–Crippen MR) is 161 cm³/mol. The van der Waals surface area contributed by atoms with Gasteiger partial charge in [0.15, 0.2) is 16.6 Å². The van der Waals surface area contributed by atoms with Crippen LogP contribution in [-0.4, -0.2) is 55.2 Å². The summed E-state index contributed by atoms with van der Waals surface area (Å²) in [5.41, 5.74) is 0.420. The molecule has 3 aromatic rings. The van der Waals surface area contributed by atoms with Crippen LogP contribution in [0.3, 0.4) is 0 Å². The smallest absolute Gasteiger partial charge is 0.416 e. The number of hydrogen-bond acceptors (Lipinski definition) is 6. The van der Waals surface area contributed by atoms with Gasteiger partial charge in [0.2, 0.25) is 5.91 Å². The number of nitrogens with zero attached hydrogens (tertiary/aromatic N) is 2. The molecule has 1 atom stereocenters. The van der Waals surface area contributed by atoms with Crippen LogP contribution in [0.15, 0.2) is 66.7 Å². The molecule has 0 radical (unpaired) electrons. The maximum atomic E-state index is 13.7. The molecule has 8 nitrogen and oxygen atoms in total. The van der Waals surface area contributed by atoms with Crippen LogP contribution in [0.25, 0.3) is 0 Å². The minimum atomic E-state index is -4.61. The van der Waals surface area contributed by atoms with Crippen molar-refractivity contribution in [2.45, 2.75) is 38.4 Å². The summed E-state index contributed by atoms with van der Waals surface area (Å²) in [6.07, 6.45) is -3.62. The molecule has 0 aliphatic carbocycles. The first kappa shape index (κ1) is 31.6. The SMILES string of the molecule is CCCOc1ccc(NC(=O)CC2C(=O)N(c3cccc(C(F)(F)F)c3)C(=S)N2CCc2ccc(OC)c(OC)c2)cc1. The van der Waals surface area contributed by atoms with Crippen molar-refractivity contribution in [3.63, 3.8) is 0 Å². The Morgan fingerprint density at radius 1 is 1.00 bits per heavy atom. The molecule has 12 heteroatoms. The number of ether oxygens (including phenoxy) is 3. The van der Waals surface area contributed by atoms with Gasteiger partial charge in [0.25, 0.3) is 5.91 Å². The van der Waals surface area contributed by atoms with E-state index in [1.807, 2.05) is 13.0 Å². The van der Waals surface area contributed by atoms with E-state index in [0.717, 1.165) is 29.0 Å². The van der Waals surface area contributed by atoms with Crippen LogP contribution in [0.4, 0.5) is 24.5 Å². The average Bonchev–Trinajstić information content (AvgIpc) is 3.22. The highest BCUT2D eigenvalue weighted by molar-refractivity contribution is 7.80. The number of hydrogen-bond donors (Lipinski definition) is 1. The number of methoxy groups -OCH3 is 2. The van der Waals surface area contributed by atoms with Crippen LogP contribution in [-0.2, 0) is 22.2 Å². The summed E-state index contributed by atoms with van der Waals surface area (Å²) in [7, 11) is 3.04. The standard InChI is InChI=1S/C31H32F3N3O5S/c1-4-16-42-24-11-9-22(10-12-24)35-28(38)19-25-29(39)37(23-7-5-6-21(18-23)31(32,33)34)30(43)36(25)15-14-20-8-13-26(40-2)27(17-20)41-3/h5-13,17-18,25H,4,14-16,19H2,1-3H3,(H,35,38). The molecule has 2 amide bonds. The first-order valence-corrected chi connectivity index (χ1v) is 14.0. The minimum Gasteiger partial charge on any atom is -0.494 e. The molecule has 1 aliphatic rings. The van der Waals surface area contributed by atoms with Crippen LogP contribution in [0.2, 0.25) is 0 Å². The summed E-state index contributed by atoms with van der Waals surface area (Å²) in [4.78, 5) is 29.5. The lowest BCUT2D eigenvalue weighted by Crippen LogP contribution is -2.39. The number of carbonyl (C=O) groups is 2. The first-order valence-electron chi connectivity index (χ1n) is 13.6. The Morgan fingerprint density at radius 2 is 1.72 bits per heavy atom.